The third-order valence-electron chi connectivity index (χ3n) is 8.99. The molecule has 0 bridgehead atoms. The number of carboxylic acid groups (broad SMARTS) is 1. The van der Waals surface area contributed by atoms with Crippen LogP contribution >= 0.6 is 22.7 Å². The molecule has 1 saturated carbocycles. The Balaban J connectivity index is 1.38. The van der Waals surface area contributed by atoms with Crippen LogP contribution < -0.4 is 16.2 Å². The SMILES string of the molecule is CC(C)(C)OC(=O)N[C@H]1CCCCCC=C[C@@H]2C[C@@]2(C(=O)O)NC(=O)[C@@H]2C[C@H](n3ncc(-c4nccs4)c(-c4nccs4)c3=O)CN2C1=O. The molecule has 3 aliphatic rings. The molecule has 1 saturated heterocycles. The monoisotopic (exact) mass is 709 g/mol. The minimum Gasteiger partial charge on any atom is -0.479 e. The molecule has 0 aromatic carbocycles. The Morgan fingerprint density at radius 1 is 1.08 bits per heavy atom. The summed E-state index contributed by atoms with van der Waals surface area (Å²) in [6, 6.07) is -2.90. The molecule has 260 valence electrons. The molecule has 1 aliphatic carbocycles. The molecule has 5 atom stereocenters. The quantitative estimate of drug-likeness (QED) is 0.327. The lowest BCUT2D eigenvalue weighted by Crippen LogP contribution is -2.56. The Kier molecular flexibility index (Phi) is 9.71. The van der Waals surface area contributed by atoms with Gasteiger partial charge in [-0.15, -0.1) is 22.7 Å². The molecule has 49 heavy (non-hydrogen) atoms. The van der Waals surface area contributed by atoms with Gasteiger partial charge in [-0.25, -0.2) is 24.2 Å². The van der Waals surface area contributed by atoms with Crippen molar-refractivity contribution in [3.05, 3.63) is 51.9 Å². The number of ether oxygens (including phenoxy) is 1. The maximum Gasteiger partial charge on any atom is 0.408 e. The number of amides is 3. The van der Waals surface area contributed by atoms with Crippen molar-refractivity contribution in [2.75, 3.05) is 6.54 Å². The van der Waals surface area contributed by atoms with Gasteiger partial charge in [0.1, 0.15) is 33.2 Å². The van der Waals surface area contributed by atoms with Gasteiger partial charge in [-0.3, -0.25) is 14.4 Å². The van der Waals surface area contributed by atoms with E-state index in [0.717, 1.165) is 19.3 Å². The highest BCUT2D eigenvalue weighted by Crippen LogP contribution is 2.45. The van der Waals surface area contributed by atoms with Gasteiger partial charge in [-0.1, -0.05) is 25.0 Å². The van der Waals surface area contributed by atoms with E-state index >= 15 is 0 Å². The Hall–Kier alpha value is -4.44. The third-order valence-corrected chi connectivity index (χ3v) is 10.6. The van der Waals surface area contributed by atoms with Crippen LogP contribution in [-0.4, -0.2) is 83.4 Å². The van der Waals surface area contributed by atoms with Gasteiger partial charge in [0.2, 0.25) is 11.8 Å². The fraction of sp³-hybridized carbons (Fsp3) is 0.515. The first-order chi connectivity index (χ1) is 23.4. The zero-order chi connectivity index (χ0) is 34.9. The minimum absolute atomic E-state index is 0.00620. The second-order valence-electron chi connectivity index (χ2n) is 13.6. The molecule has 3 N–H and O–H groups in total. The first-order valence-corrected chi connectivity index (χ1v) is 18.1. The molecule has 0 unspecified atom stereocenters. The van der Waals surface area contributed by atoms with Gasteiger partial charge in [0.15, 0.2) is 0 Å². The van der Waals surface area contributed by atoms with E-state index in [1.165, 1.54) is 32.3 Å². The van der Waals surface area contributed by atoms with Crippen molar-refractivity contribution < 1.29 is 29.0 Å². The summed E-state index contributed by atoms with van der Waals surface area (Å²) in [4.78, 5) is 78.1. The maximum absolute atomic E-state index is 14.4. The van der Waals surface area contributed by atoms with Gasteiger partial charge in [0.25, 0.3) is 5.56 Å². The predicted molar refractivity (Wildman–Crippen MR) is 182 cm³/mol. The highest BCUT2D eigenvalue weighted by Gasteiger charge is 2.61. The molecule has 5 heterocycles. The van der Waals surface area contributed by atoms with Gasteiger partial charge < -0.3 is 25.4 Å². The lowest BCUT2D eigenvalue weighted by Gasteiger charge is -2.30. The average molecular weight is 710 g/mol. The van der Waals surface area contributed by atoms with E-state index in [1.807, 2.05) is 12.2 Å². The summed E-state index contributed by atoms with van der Waals surface area (Å²) < 4.78 is 6.73. The zero-order valence-electron chi connectivity index (χ0n) is 27.5. The van der Waals surface area contributed by atoms with Crippen molar-refractivity contribution in [2.45, 2.75) is 95.0 Å². The van der Waals surface area contributed by atoms with Crippen LogP contribution in [0.1, 0.15) is 71.8 Å². The first-order valence-electron chi connectivity index (χ1n) is 16.3. The van der Waals surface area contributed by atoms with Crippen molar-refractivity contribution in [1.82, 2.24) is 35.3 Å². The van der Waals surface area contributed by atoms with Crippen LogP contribution in [0.15, 0.2) is 46.3 Å². The van der Waals surface area contributed by atoms with Crippen LogP contribution in [0.4, 0.5) is 4.79 Å². The minimum atomic E-state index is -1.49. The van der Waals surface area contributed by atoms with Gasteiger partial charge in [-0.05, 0) is 46.5 Å². The summed E-state index contributed by atoms with van der Waals surface area (Å²) in [6.07, 6.45) is 11.2. The third kappa shape index (κ3) is 7.29. The van der Waals surface area contributed by atoms with E-state index in [2.05, 4.69) is 25.7 Å². The average Bonchev–Trinajstić information content (AvgIpc) is 3.56. The highest BCUT2D eigenvalue weighted by molar-refractivity contribution is 7.14. The lowest BCUT2D eigenvalue weighted by molar-refractivity contribution is -0.145. The zero-order valence-corrected chi connectivity index (χ0v) is 29.1. The summed E-state index contributed by atoms with van der Waals surface area (Å²) in [5.41, 5.74) is -1.93. The van der Waals surface area contributed by atoms with Gasteiger partial charge in [-0.2, -0.15) is 5.10 Å². The first kappa shape index (κ1) is 34.4. The normalized spacial score (nSPS) is 26.1. The van der Waals surface area contributed by atoms with E-state index in [-0.39, 0.29) is 25.3 Å². The molecule has 3 aromatic rings. The second kappa shape index (κ2) is 13.8. The number of nitrogens with zero attached hydrogens (tertiary/aromatic N) is 5. The standard InChI is InChI=1S/C33H39N7O7S2/c1-32(2,3)47-31(46)37-22-10-8-6-4-5-7-9-19-16-33(19,30(44)45)38-25(41)23-15-20(18-39(23)28(22)42)40-29(43)24(27-35-12-14-49-27)21(17-36-40)26-34-11-13-48-26/h7,9,11-14,17,19-20,22-23H,4-6,8,10,15-16,18H2,1-3H3,(H,37,46)(H,38,41)(H,44,45)/t19-,20+,22+,23+,33-/m1/s1. The molecule has 3 aromatic heterocycles. The number of carboxylic acids is 1. The number of hydrogen-bond donors (Lipinski definition) is 3. The topological polar surface area (TPSA) is 186 Å². The summed E-state index contributed by atoms with van der Waals surface area (Å²) in [5, 5.41) is 24.8. The number of aliphatic carboxylic acids is 1. The molecule has 2 fully saturated rings. The van der Waals surface area contributed by atoms with E-state index in [4.69, 9.17) is 4.74 Å². The Bertz CT molecular complexity index is 1800. The number of thiazole rings is 2. The second-order valence-corrected chi connectivity index (χ2v) is 15.4. The van der Waals surface area contributed by atoms with Crippen molar-refractivity contribution in [3.63, 3.8) is 0 Å². The molecule has 6 rings (SSSR count). The highest BCUT2D eigenvalue weighted by atomic mass is 32.1. The molecular weight excluding hydrogens is 671 g/mol. The number of hydrogen-bond acceptors (Lipinski definition) is 11. The van der Waals surface area contributed by atoms with Gasteiger partial charge >= 0.3 is 12.1 Å². The van der Waals surface area contributed by atoms with E-state index in [1.54, 1.807) is 50.1 Å². The van der Waals surface area contributed by atoms with E-state index in [9.17, 15) is 29.1 Å². The van der Waals surface area contributed by atoms with Crippen LogP contribution in [0, 0.1) is 5.92 Å². The molecule has 2 aliphatic heterocycles. The number of alkyl carbamates (subject to hydrolysis) is 1. The molecular formula is C33H39N7O7S2. The number of rotatable bonds is 5. The number of carbonyl (C=O) groups is 4. The van der Waals surface area contributed by atoms with E-state index in [0.29, 0.717) is 34.0 Å². The Morgan fingerprint density at radius 3 is 2.49 bits per heavy atom. The number of fused-ring (bicyclic) bond motifs is 2. The number of carbonyl (C=O) groups excluding carboxylic acids is 3. The van der Waals surface area contributed by atoms with Crippen molar-refractivity contribution in [1.29, 1.82) is 0 Å². The van der Waals surface area contributed by atoms with Crippen LogP contribution in [0.5, 0.6) is 0 Å². The molecule has 3 amide bonds. The summed E-state index contributed by atoms with van der Waals surface area (Å²) in [6.45, 7) is 5.08. The van der Waals surface area contributed by atoms with Crippen LogP contribution in [0.25, 0.3) is 21.1 Å². The summed E-state index contributed by atoms with van der Waals surface area (Å²) in [5.74, 6) is -2.70. The van der Waals surface area contributed by atoms with Crippen molar-refractivity contribution in [2.24, 2.45) is 5.92 Å². The maximum atomic E-state index is 14.4. The fourth-order valence-corrected chi connectivity index (χ4v) is 7.85. The number of nitrogens with one attached hydrogen (secondary N) is 2. The van der Waals surface area contributed by atoms with E-state index < -0.39 is 58.7 Å². The van der Waals surface area contributed by atoms with Crippen LogP contribution in [0.2, 0.25) is 0 Å². The summed E-state index contributed by atoms with van der Waals surface area (Å²) in [7, 11) is 0. The molecule has 16 heteroatoms. The predicted octanol–water partition coefficient (Wildman–Crippen LogP) is 4.01. The van der Waals surface area contributed by atoms with Crippen LogP contribution in [0.3, 0.4) is 0 Å². The smallest absolute Gasteiger partial charge is 0.408 e. The molecule has 14 nitrogen and oxygen atoms in total. The Morgan fingerprint density at radius 2 is 1.82 bits per heavy atom. The van der Waals surface area contributed by atoms with Crippen LogP contribution in [-0.2, 0) is 19.1 Å². The number of aromatic nitrogens is 4. The largest absolute Gasteiger partial charge is 0.479 e. The van der Waals surface area contributed by atoms with Crippen molar-refractivity contribution >= 4 is 46.6 Å². The van der Waals surface area contributed by atoms with Gasteiger partial charge in [0.05, 0.1) is 17.8 Å². The lowest BCUT2D eigenvalue weighted by atomic mass is 10.0. The fourth-order valence-electron chi connectivity index (χ4n) is 6.50. The molecule has 0 radical (unpaired) electrons. The Labute approximate surface area is 290 Å². The molecule has 0 spiro atoms. The van der Waals surface area contributed by atoms with Crippen molar-refractivity contribution in [3.8, 4) is 21.1 Å². The number of allylic oxidation sites excluding steroid dienone is 1. The summed E-state index contributed by atoms with van der Waals surface area (Å²) >= 11 is 2.65. The van der Waals surface area contributed by atoms with Gasteiger partial charge in [0, 0.05) is 47.6 Å².